The lowest BCUT2D eigenvalue weighted by molar-refractivity contribution is -0.384. The molecule has 1 atom stereocenters. The zero-order chi connectivity index (χ0) is 16.9. The molecule has 0 saturated carbocycles. The quantitative estimate of drug-likeness (QED) is 0.483. The first-order chi connectivity index (χ1) is 10.9. The average Bonchev–Trinajstić information content (AvgIpc) is 3.06. The van der Waals surface area contributed by atoms with Gasteiger partial charge in [-0.3, -0.25) is 14.9 Å². The zero-order valence-corrected chi connectivity index (χ0v) is 12.4. The van der Waals surface area contributed by atoms with Crippen LogP contribution in [-0.4, -0.2) is 22.5 Å². The van der Waals surface area contributed by atoms with E-state index in [2.05, 4.69) is 5.32 Å². The van der Waals surface area contributed by atoms with Crippen molar-refractivity contribution >= 4 is 17.7 Å². The molecule has 2 N–H and O–H groups in total. The zero-order valence-electron chi connectivity index (χ0n) is 12.4. The molecule has 7 heteroatoms. The first-order valence-electron chi connectivity index (χ1n) is 6.85. The second-order valence-electron chi connectivity index (χ2n) is 5.15. The number of amides is 1. The second kappa shape index (κ2) is 6.89. The van der Waals surface area contributed by atoms with Crippen LogP contribution in [0.1, 0.15) is 18.2 Å². The lowest BCUT2D eigenvalue weighted by Gasteiger charge is -2.20. The highest BCUT2D eigenvalue weighted by Gasteiger charge is 2.26. The van der Waals surface area contributed by atoms with Crippen molar-refractivity contribution in [2.24, 2.45) is 0 Å². The molecule has 1 heterocycles. The van der Waals surface area contributed by atoms with Crippen molar-refractivity contribution in [3.63, 3.8) is 0 Å². The third-order valence-corrected chi connectivity index (χ3v) is 3.19. The van der Waals surface area contributed by atoms with E-state index in [9.17, 15) is 20.0 Å². The number of furan rings is 1. The average molecular weight is 316 g/mol. The van der Waals surface area contributed by atoms with Gasteiger partial charge in [-0.2, -0.15) is 0 Å². The maximum atomic E-state index is 11.8. The number of non-ortho nitro benzene ring substituents is 1. The summed E-state index contributed by atoms with van der Waals surface area (Å²) in [5.41, 5.74) is -0.662. The Kier molecular flexibility index (Phi) is 4.92. The largest absolute Gasteiger partial charge is 0.466 e. The number of hydrogen-bond donors (Lipinski definition) is 2. The topological polar surface area (TPSA) is 106 Å². The van der Waals surface area contributed by atoms with Crippen LogP contribution in [0.5, 0.6) is 0 Å². The number of hydrogen-bond acceptors (Lipinski definition) is 5. The van der Waals surface area contributed by atoms with E-state index in [0.29, 0.717) is 11.3 Å². The number of nitrogens with zero attached hydrogens (tertiary/aromatic N) is 1. The number of benzene rings is 1. The Morgan fingerprint density at radius 1 is 1.39 bits per heavy atom. The third kappa shape index (κ3) is 4.52. The molecule has 23 heavy (non-hydrogen) atoms. The van der Waals surface area contributed by atoms with Crippen LogP contribution in [0.2, 0.25) is 0 Å². The molecule has 2 rings (SSSR count). The van der Waals surface area contributed by atoms with Gasteiger partial charge in [0.25, 0.3) is 5.69 Å². The van der Waals surface area contributed by atoms with Gasteiger partial charge in [0.1, 0.15) is 11.4 Å². The predicted molar refractivity (Wildman–Crippen MR) is 83.4 cm³/mol. The molecule has 2 aromatic rings. The van der Waals surface area contributed by atoms with Gasteiger partial charge in [-0.05, 0) is 42.8 Å². The molecular formula is C16H16N2O5. The molecule has 0 bridgehead atoms. The Bertz CT molecular complexity index is 703. The van der Waals surface area contributed by atoms with Crippen LogP contribution < -0.4 is 5.32 Å². The maximum absolute atomic E-state index is 11.8. The van der Waals surface area contributed by atoms with Gasteiger partial charge in [0, 0.05) is 18.2 Å². The molecule has 1 aromatic carbocycles. The van der Waals surface area contributed by atoms with E-state index in [1.165, 1.54) is 37.5 Å². The monoisotopic (exact) mass is 316 g/mol. The van der Waals surface area contributed by atoms with Crippen LogP contribution in [-0.2, 0) is 10.4 Å². The minimum atomic E-state index is -1.31. The Labute approximate surface area is 132 Å². The summed E-state index contributed by atoms with van der Waals surface area (Å²) in [5.74, 6) is -0.0349. The Morgan fingerprint density at radius 3 is 2.65 bits per heavy atom. The van der Waals surface area contributed by atoms with E-state index in [4.69, 9.17) is 4.42 Å². The molecule has 120 valence electrons. The Balaban J connectivity index is 1.90. The lowest BCUT2D eigenvalue weighted by Crippen LogP contribution is -2.37. The van der Waals surface area contributed by atoms with Crippen LogP contribution in [0, 0.1) is 10.1 Å². The highest BCUT2D eigenvalue weighted by molar-refractivity contribution is 5.91. The summed E-state index contributed by atoms with van der Waals surface area (Å²) in [6, 6.07) is 9.08. The van der Waals surface area contributed by atoms with E-state index in [0.717, 1.165) is 0 Å². The normalized spacial score (nSPS) is 13.7. The number of nitrogens with one attached hydrogen (secondary N) is 1. The van der Waals surface area contributed by atoms with Crippen molar-refractivity contribution in [3.05, 3.63) is 70.2 Å². The second-order valence-corrected chi connectivity index (χ2v) is 5.15. The van der Waals surface area contributed by atoms with Crippen molar-refractivity contribution in [3.8, 4) is 0 Å². The molecule has 1 aromatic heterocycles. The summed E-state index contributed by atoms with van der Waals surface area (Å²) in [4.78, 5) is 21.8. The fraction of sp³-hybridized carbons (Fsp3) is 0.188. The summed E-state index contributed by atoms with van der Waals surface area (Å²) in [6.45, 7) is 1.52. The smallest absolute Gasteiger partial charge is 0.269 e. The van der Waals surface area contributed by atoms with Crippen molar-refractivity contribution < 1.29 is 19.2 Å². The fourth-order valence-corrected chi connectivity index (χ4v) is 1.87. The van der Waals surface area contributed by atoms with Gasteiger partial charge in [-0.15, -0.1) is 0 Å². The fourth-order valence-electron chi connectivity index (χ4n) is 1.87. The van der Waals surface area contributed by atoms with Crippen molar-refractivity contribution in [2.45, 2.75) is 12.5 Å². The number of aliphatic hydroxyl groups is 1. The lowest BCUT2D eigenvalue weighted by atomic mass is 10.0. The molecule has 1 amide bonds. The van der Waals surface area contributed by atoms with Crippen LogP contribution in [0.4, 0.5) is 5.69 Å². The minimum absolute atomic E-state index is 0.00997. The number of nitro benzene ring substituents is 1. The van der Waals surface area contributed by atoms with Gasteiger partial charge in [0.2, 0.25) is 5.91 Å². The van der Waals surface area contributed by atoms with Crippen LogP contribution in [0.25, 0.3) is 6.08 Å². The minimum Gasteiger partial charge on any atom is -0.466 e. The summed E-state index contributed by atoms with van der Waals surface area (Å²) in [6.07, 6.45) is 4.26. The Hall–Kier alpha value is -2.93. The van der Waals surface area contributed by atoms with Gasteiger partial charge in [-0.25, -0.2) is 0 Å². The SMILES string of the molecule is CC(O)(CNC(=O)/C=C/c1ccc([N+](=O)[O-])cc1)c1ccco1. The van der Waals surface area contributed by atoms with E-state index in [1.807, 2.05) is 0 Å². The molecule has 0 radical (unpaired) electrons. The summed E-state index contributed by atoms with van der Waals surface area (Å²) < 4.78 is 5.12. The number of carbonyl (C=O) groups is 1. The molecule has 7 nitrogen and oxygen atoms in total. The molecule has 0 aliphatic heterocycles. The maximum Gasteiger partial charge on any atom is 0.269 e. The standard InChI is InChI=1S/C16H16N2O5/c1-16(20,14-3-2-10-23-14)11-17-15(19)9-6-12-4-7-13(8-5-12)18(21)22/h2-10,20H,11H2,1H3,(H,17,19)/b9-6+. The first-order valence-corrected chi connectivity index (χ1v) is 6.85. The highest BCUT2D eigenvalue weighted by atomic mass is 16.6. The van der Waals surface area contributed by atoms with E-state index in [1.54, 1.807) is 24.3 Å². The molecule has 0 aliphatic rings. The highest BCUT2D eigenvalue weighted by Crippen LogP contribution is 2.19. The van der Waals surface area contributed by atoms with Gasteiger partial charge < -0.3 is 14.8 Å². The molecular weight excluding hydrogens is 300 g/mol. The van der Waals surface area contributed by atoms with Crippen molar-refractivity contribution in [2.75, 3.05) is 6.54 Å². The van der Waals surface area contributed by atoms with Crippen LogP contribution in [0.3, 0.4) is 0 Å². The van der Waals surface area contributed by atoms with E-state index < -0.39 is 16.4 Å². The predicted octanol–water partition coefficient (Wildman–Crippen LogP) is 2.22. The summed E-state index contributed by atoms with van der Waals surface area (Å²) in [5, 5.41) is 23.3. The molecule has 0 spiro atoms. The van der Waals surface area contributed by atoms with Gasteiger partial charge >= 0.3 is 0 Å². The summed E-state index contributed by atoms with van der Waals surface area (Å²) in [7, 11) is 0. The number of carbonyl (C=O) groups excluding carboxylic acids is 1. The Morgan fingerprint density at radius 2 is 2.09 bits per heavy atom. The van der Waals surface area contributed by atoms with Gasteiger partial charge in [0.15, 0.2) is 0 Å². The van der Waals surface area contributed by atoms with Crippen LogP contribution >= 0.6 is 0 Å². The number of rotatable bonds is 6. The molecule has 0 fully saturated rings. The van der Waals surface area contributed by atoms with E-state index >= 15 is 0 Å². The molecule has 0 saturated heterocycles. The van der Waals surface area contributed by atoms with Gasteiger partial charge in [-0.1, -0.05) is 0 Å². The summed E-state index contributed by atoms with van der Waals surface area (Å²) >= 11 is 0. The number of nitro groups is 1. The molecule has 1 unspecified atom stereocenters. The first kappa shape index (κ1) is 16.4. The van der Waals surface area contributed by atoms with Gasteiger partial charge in [0.05, 0.1) is 17.7 Å². The van der Waals surface area contributed by atoms with E-state index in [-0.39, 0.29) is 12.2 Å². The van der Waals surface area contributed by atoms with Crippen molar-refractivity contribution in [1.29, 1.82) is 0 Å². The van der Waals surface area contributed by atoms with Crippen LogP contribution in [0.15, 0.2) is 53.2 Å². The van der Waals surface area contributed by atoms with Crippen molar-refractivity contribution in [1.82, 2.24) is 5.32 Å². The third-order valence-electron chi connectivity index (χ3n) is 3.19. The molecule has 0 aliphatic carbocycles.